The molecular formula is C8H18BN3O. The lowest BCUT2D eigenvalue weighted by Crippen LogP contribution is -2.66. The van der Waals surface area contributed by atoms with Crippen molar-refractivity contribution in [1.29, 1.82) is 0 Å². The standard InChI is InChI=1S/C8H18BN3O/c1-8(2,3)12-6-9(4)10-11(5)7(12)13/h10H,6H2,1-5H3. The molecule has 1 fully saturated rings. The van der Waals surface area contributed by atoms with Crippen LogP contribution in [0.5, 0.6) is 0 Å². The van der Waals surface area contributed by atoms with E-state index >= 15 is 0 Å². The zero-order valence-electron chi connectivity index (χ0n) is 9.09. The minimum atomic E-state index is -0.0955. The Labute approximate surface area is 80.3 Å². The molecule has 0 aliphatic carbocycles. The molecule has 1 heterocycles. The van der Waals surface area contributed by atoms with Gasteiger partial charge in [0.05, 0.1) is 0 Å². The second-order valence-corrected chi connectivity index (χ2v) is 4.65. The Balaban J connectivity index is 2.78. The zero-order valence-corrected chi connectivity index (χ0v) is 9.09. The molecule has 0 atom stereocenters. The van der Waals surface area contributed by atoms with Crippen LogP contribution in [0.3, 0.4) is 0 Å². The maximum Gasteiger partial charge on any atom is 0.332 e. The Morgan fingerprint density at radius 3 is 2.46 bits per heavy atom. The first-order valence-electron chi connectivity index (χ1n) is 4.64. The van der Waals surface area contributed by atoms with E-state index in [1.54, 1.807) is 12.1 Å². The monoisotopic (exact) mass is 183 g/mol. The summed E-state index contributed by atoms with van der Waals surface area (Å²) in [4.78, 5) is 13.6. The molecule has 1 aliphatic rings. The highest BCUT2D eigenvalue weighted by Gasteiger charge is 2.35. The van der Waals surface area contributed by atoms with Gasteiger partial charge in [0.1, 0.15) is 0 Å². The molecule has 0 unspecified atom stereocenters. The minimum absolute atomic E-state index is 0.0469. The lowest BCUT2D eigenvalue weighted by atomic mass is 9.64. The molecule has 0 radical (unpaired) electrons. The van der Waals surface area contributed by atoms with Crippen molar-refractivity contribution in [1.82, 2.24) is 15.2 Å². The third-order valence-electron chi connectivity index (χ3n) is 2.20. The van der Waals surface area contributed by atoms with Crippen LogP contribution in [0.2, 0.25) is 6.82 Å². The lowest BCUT2D eigenvalue weighted by Gasteiger charge is -2.43. The second-order valence-electron chi connectivity index (χ2n) is 4.65. The van der Waals surface area contributed by atoms with Gasteiger partial charge in [0.15, 0.2) is 0 Å². The third kappa shape index (κ3) is 2.15. The van der Waals surface area contributed by atoms with Crippen molar-refractivity contribution >= 4 is 12.9 Å². The number of amides is 2. The topological polar surface area (TPSA) is 35.6 Å². The van der Waals surface area contributed by atoms with Crippen LogP contribution in [0, 0.1) is 0 Å². The van der Waals surface area contributed by atoms with E-state index in [0.29, 0.717) is 6.85 Å². The predicted molar refractivity (Wildman–Crippen MR) is 54.4 cm³/mol. The van der Waals surface area contributed by atoms with Crippen LogP contribution in [-0.4, -0.2) is 41.8 Å². The molecule has 0 bridgehead atoms. The van der Waals surface area contributed by atoms with Gasteiger partial charge in [0, 0.05) is 19.0 Å². The zero-order chi connectivity index (χ0) is 10.2. The molecule has 13 heavy (non-hydrogen) atoms. The van der Waals surface area contributed by atoms with Gasteiger partial charge in [0.2, 0.25) is 0 Å². The van der Waals surface area contributed by atoms with Crippen LogP contribution in [-0.2, 0) is 0 Å². The summed E-state index contributed by atoms with van der Waals surface area (Å²) in [5, 5.41) is 4.63. The first kappa shape index (κ1) is 10.4. The average Bonchev–Trinajstić information content (AvgIpc) is 1.94. The quantitative estimate of drug-likeness (QED) is 0.564. The van der Waals surface area contributed by atoms with Crippen molar-refractivity contribution in [2.24, 2.45) is 0 Å². The summed E-state index contributed by atoms with van der Waals surface area (Å²) in [5.74, 6) is 0. The van der Waals surface area contributed by atoms with Gasteiger partial charge in [-0.3, -0.25) is 10.3 Å². The van der Waals surface area contributed by atoms with Gasteiger partial charge in [-0.15, -0.1) is 0 Å². The Morgan fingerprint density at radius 1 is 1.46 bits per heavy atom. The molecule has 0 aromatic carbocycles. The maximum absolute atomic E-state index is 11.7. The maximum atomic E-state index is 11.7. The smallest absolute Gasteiger partial charge is 0.324 e. The number of nitrogens with zero attached hydrogens (tertiary/aromatic N) is 2. The fourth-order valence-electron chi connectivity index (χ4n) is 1.52. The van der Waals surface area contributed by atoms with E-state index in [1.807, 2.05) is 4.90 Å². The fraction of sp³-hybridized carbons (Fsp3) is 0.875. The average molecular weight is 183 g/mol. The first-order valence-corrected chi connectivity index (χ1v) is 4.64. The van der Waals surface area contributed by atoms with Gasteiger partial charge in [-0.25, -0.2) is 4.79 Å². The number of rotatable bonds is 0. The number of carbonyl (C=O) groups excluding carboxylic acids is 1. The van der Waals surface area contributed by atoms with Crippen molar-refractivity contribution in [2.45, 2.75) is 33.1 Å². The van der Waals surface area contributed by atoms with Crippen molar-refractivity contribution in [3.8, 4) is 0 Å². The summed E-state index contributed by atoms with van der Waals surface area (Å²) in [6.07, 6.45) is 0.771. The van der Waals surface area contributed by atoms with E-state index in [2.05, 4.69) is 32.9 Å². The molecule has 74 valence electrons. The van der Waals surface area contributed by atoms with E-state index in [-0.39, 0.29) is 11.6 Å². The predicted octanol–water partition coefficient (Wildman–Crippen LogP) is 0.817. The van der Waals surface area contributed by atoms with Crippen LogP contribution in [0.15, 0.2) is 0 Å². The highest BCUT2D eigenvalue weighted by molar-refractivity contribution is 6.55. The highest BCUT2D eigenvalue weighted by atomic mass is 16.2. The van der Waals surface area contributed by atoms with Crippen LogP contribution in [0.25, 0.3) is 0 Å². The SMILES string of the molecule is CB1CN(C(C)(C)C)C(=O)N(C)N1. The first-order chi connectivity index (χ1) is 5.82. The van der Waals surface area contributed by atoms with Gasteiger partial charge in [-0.05, 0) is 20.8 Å². The summed E-state index contributed by atoms with van der Waals surface area (Å²) in [6, 6.07) is 0.0469. The second kappa shape index (κ2) is 3.22. The molecule has 1 rings (SSSR count). The molecule has 4 nitrogen and oxygen atoms in total. The van der Waals surface area contributed by atoms with Crippen LogP contribution < -0.4 is 5.34 Å². The number of urea groups is 1. The molecule has 5 heteroatoms. The van der Waals surface area contributed by atoms with Gasteiger partial charge in [0.25, 0.3) is 6.85 Å². The van der Waals surface area contributed by atoms with Crippen molar-refractivity contribution in [3.63, 3.8) is 0 Å². The van der Waals surface area contributed by atoms with Gasteiger partial charge in [-0.2, -0.15) is 0 Å². The highest BCUT2D eigenvalue weighted by Crippen LogP contribution is 2.17. The molecule has 1 aliphatic heterocycles. The summed E-state index contributed by atoms with van der Waals surface area (Å²) in [5.41, 5.74) is -0.0955. The van der Waals surface area contributed by atoms with E-state index in [4.69, 9.17) is 0 Å². The summed E-state index contributed by atoms with van der Waals surface area (Å²) in [6.45, 7) is 8.55. The van der Waals surface area contributed by atoms with Crippen molar-refractivity contribution in [3.05, 3.63) is 0 Å². The number of hydrogen-bond donors (Lipinski definition) is 1. The third-order valence-corrected chi connectivity index (χ3v) is 2.20. The normalized spacial score (nSPS) is 19.8. The van der Waals surface area contributed by atoms with Crippen LogP contribution >= 0.6 is 0 Å². The molecule has 1 saturated heterocycles. The molecule has 2 amide bonds. The molecule has 0 aromatic rings. The van der Waals surface area contributed by atoms with E-state index in [9.17, 15) is 4.79 Å². The van der Waals surface area contributed by atoms with E-state index in [0.717, 1.165) is 6.44 Å². The Kier molecular flexibility index (Phi) is 2.57. The lowest BCUT2D eigenvalue weighted by molar-refractivity contribution is 0.110. The Bertz CT molecular complexity index is 214. The van der Waals surface area contributed by atoms with Gasteiger partial charge >= 0.3 is 6.03 Å². The molecular weight excluding hydrogens is 165 g/mol. The summed E-state index contributed by atoms with van der Waals surface area (Å²) < 4.78 is 0. The largest absolute Gasteiger partial charge is 0.332 e. The molecule has 1 N–H and O–H groups in total. The van der Waals surface area contributed by atoms with Crippen LogP contribution in [0.1, 0.15) is 20.8 Å². The summed E-state index contributed by atoms with van der Waals surface area (Å²) in [7, 11) is 1.76. The number of hydrogen-bond acceptors (Lipinski definition) is 2. The van der Waals surface area contributed by atoms with E-state index in [1.165, 1.54) is 0 Å². The van der Waals surface area contributed by atoms with Gasteiger partial charge < -0.3 is 4.90 Å². The number of nitrogens with one attached hydrogen (secondary N) is 1. The molecule has 0 spiro atoms. The number of hydrazine groups is 1. The fourth-order valence-corrected chi connectivity index (χ4v) is 1.52. The Morgan fingerprint density at radius 2 is 2.00 bits per heavy atom. The Hall–Kier alpha value is -0.705. The van der Waals surface area contributed by atoms with Crippen molar-refractivity contribution in [2.75, 3.05) is 13.5 Å². The number of carbonyl (C=O) groups is 1. The van der Waals surface area contributed by atoms with Gasteiger partial charge in [-0.1, -0.05) is 6.82 Å². The van der Waals surface area contributed by atoms with E-state index < -0.39 is 0 Å². The van der Waals surface area contributed by atoms with Crippen molar-refractivity contribution < 1.29 is 4.79 Å². The minimum Gasteiger partial charge on any atom is -0.324 e. The van der Waals surface area contributed by atoms with Crippen LogP contribution in [0.4, 0.5) is 4.79 Å². The molecule has 0 aromatic heterocycles. The molecule has 0 saturated carbocycles. The summed E-state index contributed by atoms with van der Waals surface area (Å²) >= 11 is 0.